The van der Waals surface area contributed by atoms with Crippen LogP contribution in [-0.4, -0.2) is 36.8 Å². The number of carbonyl (C=O) groups excluding carboxylic acids is 1. The molecule has 3 rings (SSSR count). The van der Waals surface area contributed by atoms with Gasteiger partial charge in [0.1, 0.15) is 5.60 Å². The van der Waals surface area contributed by atoms with Gasteiger partial charge in [-0.1, -0.05) is 6.07 Å². The number of aliphatic hydroxyl groups is 1. The van der Waals surface area contributed by atoms with Crippen LogP contribution in [-0.2, 0) is 4.79 Å². The summed E-state index contributed by atoms with van der Waals surface area (Å²) < 4.78 is 1.58. The summed E-state index contributed by atoms with van der Waals surface area (Å²) in [6, 6.07) is 7.22. The molecule has 1 amide bonds. The summed E-state index contributed by atoms with van der Waals surface area (Å²) in [4.78, 5) is 12.2. The van der Waals surface area contributed by atoms with E-state index < -0.39 is 5.60 Å². The number of carbonyl (C=O) groups is 1. The third-order valence-corrected chi connectivity index (χ3v) is 3.83. The third kappa shape index (κ3) is 2.64. The Hall–Kier alpha value is -2.28. The third-order valence-electron chi connectivity index (χ3n) is 3.83. The number of tetrazole rings is 1. The van der Waals surface area contributed by atoms with Gasteiger partial charge in [0.15, 0.2) is 5.82 Å². The summed E-state index contributed by atoms with van der Waals surface area (Å²) in [5, 5.41) is 24.4. The first kappa shape index (κ1) is 13.7. The van der Waals surface area contributed by atoms with Crippen molar-refractivity contribution in [3.63, 3.8) is 0 Å². The quantitative estimate of drug-likeness (QED) is 0.885. The van der Waals surface area contributed by atoms with E-state index in [1.54, 1.807) is 23.7 Å². The highest BCUT2D eigenvalue weighted by atomic mass is 16.3. The Balaban J connectivity index is 1.81. The molecular weight excluding hydrogens is 270 g/mol. The van der Waals surface area contributed by atoms with Gasteiger partial charge in [0, 0.05) is 5.69 Å². The van der Waals surface area contributed by atoms with Gasteiger partial charge in [0.25, 0.3) is 5.91 Å². The topological polar surface area (TPSA) is 92.9 Å². The molecule has 110 valence electrons. The van der Waals surface area contributed by atoms with E-state index in [4.69, 9.17) is 0 Å². The molecule has 0 saturated heterocycles. The molecule has 1 aliphatic rings. The first-order valence-electron chi connectivity index (χ1n) is 6.98. The van der Waals surface area contributed by atoms with Gasteiger partial charge < -0.3 is 10.4 Å². The minimum Gasteiger partial charge on any atom is -0.380 e. The van der Waals surface area contributed by atoms with Crippen LogP contribution in [0.25, 0.3) is 5.69 Å². The second kappa shape index (κ2) is 5.25. The van der Waals surface area contributed by atoms with E-state index in [-0.39, 0.29) is 5.91 Å². The fourth-order valence-electron chi connectivity index (χ4n) is 2.62. The molecule has 0 spiro atoms. The van der Waals surface area contributed by atoms with Crippen LogP contribution in [0.2, 0.25) is 0 Å². The second-order valence-electron chi connectivity index (χ2n) is 5.38. The van der Waals surface area contributed by atoms with Crippen LogP contribution in [0.15, 0.2) is 24.3 Å². The number of aromatic nitrogens is 4. The average Bonchev–Trinajstić information content (AvgIpc) is 3.09. The highest BCUT2D eigenvalue weighted by Crippen LogP contribution is 2.30. The monoisotopic (exact) mass is 287 g/mol. The van der Waals surface area contributed by atoms with Crippen LogP contribution in [0, 0.1) is 6.92 Å². The Labute approximate surface area is 122 Å². The molecule has 0 atom stereocenters. The fraction of sp³-hybridized carbons (Fsp3) is 0.429. The lowest BCUT2D eigenvalue weighted by molar-refractivity contribution is -0.133. The molecule has 1 aliphatic carbocycles. The first-order chi connectivity index (χ1) is 10.1. The highest BCUT2D eigenvalue weighted by Gasteiger charge is 2.38. The zero-order valence-electron chi connectivity index (χ0n) is 11.8. The molecule has 2 N–H and O–H groups in total. The van der Waals surface area contributed by atoms with Crippen LogP contribution in [0.3, 0.4) is 0 Å². The van der Waals surface area contributed by atoms with Crippen LogP contribution in [0.4, 0.5) is 5.69 Å². The van der Waals surface area contributed by atoms with E-state index in [2.05, 4.69) is 20.8 Å². The summed E-state index contributed by atoms with van der Waals surface area (Å²) >= 11 is 0. The zero-order chi connectivity index (χ0) is 14.9. The predicted octanol–water partition coefficient (Wildman–Crippen LogP) is 1.21. The minimum atomic E-state index is -1.24. The summed E-state index contributed by atoms with van der Waals surface area (Å²) in [7, 11) is 0. The molecule has 7 heteroatoms. The lowest BCUT2D eigenvalue weighted by Crippen LogP contribution is -2.40. The molecule has 1 aromatic carbocycles. The molecule has 1 aromatic heterocycles. The Kier molecular flexibility index (Phi) is 3.42. The van der Waals surface area contributed by atoms with E-state index >= 15 is 0 Å². The maximum Gasteiger partial charge on any atom is 0.256 e. The Bertz CT molecular complexity index is 661. The minimum absolute atomic E-state index is 0.342. The van der Waals surface area contributed by atoms with E-state index in [1.807, 2.05) is 12.1 Å². The van der Waals surface area contributed by atoms with Crippen molar-refractivity contribution in [2.45, 2.75) is 38.2 Å². The van der Waals surface area contributed by atoms with Gasteiger partial charge in [-0.2, -0.15) is 4.68 Å². The van der Waals surface area contributed by atoms with E-state index in [0.717, 1.165) is 18.5 Å². The number of nitrogens with zero attached hydrogens (tertiary/aromatic N) is 4. The van der Waals surface area contributed by atoms with Crippen molar-refractivity contribution in [3.8, 4) is 5.69 Å². The maximum absolute atomic E-state index is 12.2. The average molecular weight is 287 g/mol. The Morgan fingerprint density at radius 3 is 2.81 bits per heavy atom. The summed E-state index contributed by atoms with van der Waals surface area (Å²) in [6.07, 6.45) is 2.80. The highest BCUT2D eigenvalue weighted by molar-refractivity contribution is 5.97. The van der Waals surface area contributed by atoms with Crippen molar-refractivity contribution in [2.75, 3.05) is 5.32 Å². The van der Waals surface area contributed by atoms with E-state index in [0.29, 0.717) is 24.4 Å². The maximum atomic E-state index is 12.2. The van der Waals surface area contributed by atoms with Crippen molar-refractivity contribution in [1.82, 2.24) is 20.2 Å². The van der Waals surface area contributed by atoms with Crippen molar-refractivity contribution in [2.24, 2.45) is 0 Å². The molecule has 1 fully saturated rings. The number of rotatable bonds is 3. The fourth-order valence-corrected chi connectivity index (χ4v) is 2.62. The molecule has 1 heterocycles. The number of amides is 1. The number of hydrogen-bond acceptors (Lipinski definition) is 5. The number of benzene rings is 1. The number of nitrogens with one attached hydrogen (secondary N) is 1. The van der Waals surface area contributed by atoms with Crippen LogP contribution >= 0.6 is 0 Å². The van der Waals surface area contributed by atoms with Crippen molar-refractivity contribution < 1.29 is 9.90 Å². The SMILES string of the molecule is Cc1nnnn1-c1cccc(NC(=O)C2(O)CCCC2)c1. The number of hydrogen-bond donors (Lipinski definition) is 2. The molecule has 0 radical (unpaired) electrons. The van der Waals surface area contributed by atoms with Crippen molar-refractivity contribution in [3.05, 3.63) is 30.1 Å². The van der Waals surface area contributed by atoms with Crippen LogP contribution in [0.5, 0.6) is 0 Å². The van der Waals surface area contributed by atoms with E-state index in [1.165, 1.54) is 0 Å². The van der Waals surface area contributed by atoms with Gasteiger partial charge in [0.05, 0.1) is 5.69 Å². The molecule has 1 saturated carbocycles. The largest absolute Gasteiger partial charge is 0.380 e. The lowest BCUT2D eigenvalue weighted by atomic mass is 10.0. The lowest BCUT2D eigenvalue weighted by Gasteiger charge is -2.21. The summed E-state index contributed by atoms with van der Waals surface area (Å²) in [5.41, 5.74) is 0.141. The van der Waals surface area contributed by atoms with Gasteiger partial charge >= 0.3 is 0 Å². The Morgan fingerprint density at radius 2 is 2.14 bits per heavy atom. The molecular formula is C14H17N5O2. The molecule has 0 bridgehead atoms. The number of anilines is 1. The summed E-state index contributed by atoms with van der Waals surface area (Å²) in [5.74, 6) is 0.318. The molecule has 2 aromatic rings. The zero-order valence-corrected chi connectivity index (χ0v) is 11.8. The van der Waals surface area contributed by atoms with Gasteiger partial charge in [-0.25, -0.2) is 0 Å². The van der Waals surface area contributed by atoms with Crippen molar-refractivity contribution >= 4 is 11.6 Å². The smallest absolute Gasteiger partial charge is 0.256 e. The summed E-state index contributed by atoms with van der Waals surface area (Å²) in [6.45, 7) is 1.80. The standard InChI is InChI=1S/C14H17N5O2/c1-10-16-17-18-19(10)12-6-4-5-11(9-12)15-13(20)14(21)7-2-3-8-14/h4-6,9,21H,2-3,7-8H2,1H3,(H,15,20). The Morgan fingerprint density at radius 1 is 1.38 bits per heavy atom. The molecule has 0 aliphatic heterocycles. The van der Waals surface area contributed by atoms with E-state index in [9.17, 15) is 9.90 Å². The second-order valence-corrected chi connectivity index (χ2v) is 5.38. The predicted molar refractivity (Wildman–Crippen MR) is 75.9 cm³/mol. The molecule has 7 nitrogen and oxygen atoms in total. The van der Waals surface area contributed by atoms with Gasteiger partial charge in [0.2, 0.25) is 0 Å². The van der Waals surface area contributed by atoms with Gasteiger partial charge in [-0.15, -0.1) is 5.10 Å². The van der Waals surface area contributed by atoms with Gasteiger partial charge in [-0.05, 0) is 61.2 Å². The van der Waals surface area contributed by atoms with Gasteiger partial charge in [-0.3, -0.25) is 4.79 Å². The normalized spacial score (nSPS) is 16.9. The van der Waals surface area contributed by atoms with Crippen molar-refractivity contribution in [1.29, 1.82) is 0 Å². The van der Waals surface area contributed by atoms with Crippen LogP contribution < -0.4 is 5.32 Å². The van der Waals surface area contributed by atoms with Crippen LogP contribution in [0.1, 0.15) is 31.5 Å². The first-order valence-corrected chi connectivity index (χ1v) is 6.98. The number of aryl methyl sites for hydroxylation is 1. The molecule has 0 unspecified atom stereocenters. The molecule has 21 heavy (non-hydrogen) atoms.